The third kappa shape index (κ3) is 6.02. The van der Waals surface area contributed by atoms with Gasteiger partial charge in [0, 0.05) is 38.1 Å². The molecule has 40 heavy (non-hydrogen) atoms. The average Bonchev–Trinajstić information content (AvgIpc) is 3.67. The monoisotopic (exact) mass is 573 g/mol. The summed E-state index contributed by atoms with van der Waals surface area (Å²) < 4.78 is 7.47. The van der Waals surface area contributed by atoms with Crippen molar-refractivity contribution in [3.8, 4) is 11.8 Å². The van der Waals surface area contributed by atoms with E-state index in [-0.39, 0.29) is 30.6 Å². The summed E-state index contributed by atoms with van der Waals surface area (Å²) in [6, 6.07) is 18.5. The molecule has 0 aliphatic carbocycles. The van der Waals surface area contributed by atoms with Gasteiger partial charge in [-0.05, 0) is 29.8 Å². The minimum absolute atomic E-state index is 0. The number of ether oxygens (including phenoxy) is 1. The van der Waals surface area contributed by atoms with Crippen LogP contribution in [0, 0.1) is 11.8 Å². The van der Waals surface area contributed by atoms with Crippen LogP contribution >= 0.6 is 23.7 Å². The highest BCUT2D eigenvalue weighted by molar-refractivity contribution is 7.19. The van der Waals surface area contributed by atoms with Crippen LogP contribution in [0.4, 0.5) is 16.3 Å². The molecule has 5 aromatic rings. The molecule has 0 saturated carbocycles. The number of nitrogens with zero attached hydrogens (tertiary/aromatic N) is 5. The first-order chi connectivity index (χ1) is 19.0. The highest BCUT2D eigenvalue weighted by atomic mass is 35.5. The van der Waals surface area contributed by atoms with Gasteiger partial charge in [-0.3, -0.25) is 10.00 Å². The lowest BCUT2D eigenvalue weighted by atomic mass is 10.2. The van der Waals surface area contributed by atoms with Crippen LogP contribution in [-0.2, 0) is 11.3 Å². The quantitative estimate of drug-likeness (QED) is 0.284. The van der Waals surface area contributed by atoms with E-state index in [4.69, 9.17) is 4.74 Å². The van der Waals surface area contributed by atoms with E-state index in [0.29, 0.717) is 13.0 Å². The van der Waals surface area contributed by atoms with E-state index in [1.165, 1.54) is 21.8 Å². The Kier molecular flexibility index (Phi) is 8.16. The van der Waals surface area contributed by atoms with Crippen LogP contribution in [0.25, 0.3) is 21.1 Å². The maximum absolute atomic E-state index is 11.8. The Morgan fingerprint density at radius 2 is 2.05 bits per heavy atom. The second-order valence-electron chi connectivity index (χ2n) is 9.60. The minimum atomic E-state index is -0.335. The molecule has 0 radical (unpaired) electrons. The summed E-state index contributed by atoms with van der Waals surface area (Å²) in [6.45, 7) is 1.32. The Hall–Kier alpha value is -4.17. The van der Waals surface area contributed by atoms with Gasteiger partial charge in [0.05, 0.1) is 34.6 Å². The fourth-order valence-corrected chi connectivity index (χ4v) is 5.37. The SMILES string of the molecule is CN(C)C(=O)O[C@@H]1CN[C@H](C#Cc2cc3c(Nc4ccc5c(cnn5Cc5ccccc5)c4)ncnc3s2)C1.Cl. The van der Waals surface area contributed by atoms with Gasteiger partial charge in [-0.15, -0.1) is 23.7 Å². The summed E-state index contributed by atoms with van der Waals surface area (Å²) in [6.07, 6.45) is 3.61. The predicted molar refractivity (Wildman–Crippen MR) is 160 cm³/mol. The van der Waals surface area contributed by atoms with E-state index in [2.05, 4.69) is 61.8 Å². The summed E-state index contributed by atoms with van der Waals surface area (Å²) >= 11 is 1.53. The first-order valence-corrected chi connectivity index (χ1v) is 13.5. The molecule has 2 N–H and O–H groups in total. The summed E-state index contributed by atoms with van der Waals surface area (Å²) in [5, 5.41) is 13.3. The molecular weight excluding hydrogens is 546 g/mol. The van der Waals surface area contributed by atoms with E-state index in [1.807, 2.05) is 41.2 Å². The van der Waals surface area contributed by atoms with Crippen LogP contribution < -0.4 is 10.6 Å². The highest BCUT2D eigenvalue weighted by Gasteiger charge is 2.26. The molecule has 11 heteroatoms. The van der Waals surface area contributed by atoms with Gasteiger partial charge in [-0.1, -0.05) is 42.2 Å². The van der Waals surface area contributed by atoms with Crippen molar-refractivity contribution in [1.82, 2.24) is 30.0 Å². The molecule has 1 fully saturated rings. The summed E-state index contributed by atoms with van der Waals surface area (Å²) in [5.41, 5.74) is 3.21. The van der Waals surface area contributed by atoms with Gasteiger partial charge in [-0.2, -0.15) is 5.10 Å². The summed E-state index contributed by atoms with van der Waals surface area (Å²) in [5.74, 6) is 7.26. The number of rotatable bonds is 5. The molecule has 204 valence electrons. The van der Waals surface area contributed by atoms with Gasteiger partial charge in [0.25, 0.3) is 0 Å². The second kappa shape index (κ2) is 11.9. The molecule has 9 nitrogen and oxygen atoms in total. The zero-order valence-electron chi connectivity index (χ0n) is 22.0. The Balaban J connectivity index is 0.00000323. The average molecular weight is 574 g/mol. The second-order valence-corrected chi connectivity index (χ2v) is 10.6. The zero-order chi connectivity index (χ0) is 26.8. The number of hydrogen-bond acceptors (Lipinski definition) is 8. The van der Waals surface area contributed by atoms with Crippen molar-refractivity contribution in [3.63, 3.8) is 0 Å². The number of carbonyl (C=O) groups excluding carboxylic acids is 1. The normalized spacial score (nSPS) is 16.2. The number of fused-ring (bicyclic) bond motifs is 2. The van der Waals surface area contributed by atoms with Crippen LogP contribution in [0.2, 0.25) is 0 Å². The molecule has 0 bridgehead atoms. The number of amides is 1. The first kappa shape index (κ1) is 27.4. The van der Waals surface area contributed by atoms with Gasteiger partial charge in [0.15, 0.2) is 0 Å². The maximum atomic E-state index is 11.8. The van der Waals surface area contributed by atoms with Crippen LogP contribution in [0.15, 0.2) is 67.1 Å². The van der Waals surface area contributed by atoms with Crippen molar-refractivity contribution in [3.05, 3.63) is 77.6 Å². The number of benzene rings is 2. The molecule has 1 aliphatic rings. The Morgan fingerprint density at radius 3 is 2.88 bits per heavy atom. The lowest BCUT2D eigenvalue weighted by Crippen LogP contribution is -2.29. The smallest absolute Gasteiger partial charge is 0.409 e. The summed E-state index contributed by atoms with van der Waals surface area (Å²) in [7, 11) is 3.35. The molecular formula is C29H28ClN7O2S. The van der Waals surface area contributed by atoms with E-state index >= 15 is 0 Å². The number of aromatic nitrogens is 4. The third-order valence-corrected chi connectivity index (χ3v) is 7.46. The number of anilines is 2. The molecule has 2 atom stereocenters. The molecule has 1 saturated heterocycles. The standard InChI is InChI=1S/C29H27N7O2S.ClH/c1-35(2)29(37)38-23-13-21(30-16-23)8-10-24-14-25-27(31-18-32-28(25)39-24)34-22-9-11-26-20(12-22)15-33-36(26)17-19-6-4-3-5-7-19;/h3-7,9,11-12,14-15,18,21,23,30H,13,16-17H2,1-2H3,(H,31,32,34);1H/t21-,23+;/m1./s1. The Morgan fingerprint density at radius 1 is 1.20 bits per heavy atom. The highest BCUT2D eigenvalue weighted by Crippen LogP contribution is 2.30. The number of carbonyl (C=O) groups is 1. The molecule has 0 unspecified atom stereocenters. The van der Waals surface area contributed by atoms with E-state index in [1.54, 1.807) is 20.4 Å². The number of hydrogen-bond donors (Lipinski definition) is 2. The molecule has 1 amide bonds. The van der Waals surface area contributed by atoms with Gasteiger partial charge < -0.3 is 15.0 Å². The van der Waals surface area contributed by atoms with Crippen molar-refractivity contribution in [2.45, 2.75) is 25.1 Å². The predicted octanol–water partition coefficient (Wildman–Crippen LogP) is 5.03. The molecule has 1 aliphatic heterocycles. The van der Waals surface area contributed by atoms with Crippen molar-refractivity contribution in [1.29, 1.82) is 0 Å². The van der Waals surface area contributed by atoms with Crippen LogP contribution in [-0.4, -0.2) is 63.5 Å². The van der Waals surface area contributed by atoms with Crippen molar-refractivity contribution >= 4 is 62.5 Å². The molecule has 4 heterocycles. The fourth-order valence-electron chi connectivity index (χ4n) is 4.51. The van der Waals surface area contributed by atoms with E-state index in [0.717, 1.165) is 44.0 Å². The lowest BCUT2D eigenvalue weighted by molar-refractivity contribution is 0.0826. The van der Waals surface area contributed by atoms with Crippen LogP contribution in [0.5, 0.6) is 0 Å². The van der Waals surface area contributed by atoms with Gasteiger partial charge in [0.1, 0.15) is 23.1 Å². The number of nitrogens with one attached hydrogen (secondary N) is 2. The third-order valence-electron chi connectivity index (χ3n) is 6.50. The van der Waals surface area contributed by atoms with E-state index in [9.17, 15) is 4.79 Å². The maximum Gasteiger partial charge on any atom is 0.409 e. The van der Waals surface area contributed by atoms with Crippen LogP contribution in [0.3, 0.4) is 0 Å². The molecule has 0 spiro atoms. The molecule has 6 rings (SSSR count). The zero-order valence-corrected chi connectivity index (χ0v) is 23.6. The van der Waals surface area contributed by atoms with Crippen molar-refractivity contribution < 1.29 is 9.53 Å². The van der Waals surface area contributed by atoms with Crippen molar-refractivity contribution in [2.75, 3.05) is 26.0 Å². The fraction of sp³-hybridized carbons (Fsp3) is 0.241. The Bertz CT molecular complexity index is 1710. The lowest BCUT2D eigenvalue weighted by Gasteiger charge is -2.15. The molecule has 2 aromatic carbocycles. The van der Waals surface area contributed by atoms with Gasteiger partial charge in [0.2, 0.25) is 0 Å². The van der Waals surface area contributed by atoms with Crippen LogP contribution in [0.1, 0.15) is 16.9 Å². The number of halogens is 1. The number of thiophene rings is 1. The Labute approximate surface area is 242 Å². The first-order valence-electron chi connectivity index (χ1n) is 12.7. The molecule has 3 aromatic heterocycles. The van der Waals surface area contributed by atoms with Gasteiger partial charge in [-0.25, -0.2) is 14.8 Å². The van der Waals surface area contributed by atoms with Gasteiger partial charge >= 0.3 is 6.09 Å². The minimum Gasteiger partial charge on any atom is -0.445 e. The topological polar surface area (TPSA) is 97.2 Å². The van der Waals surface area contributed by atoms with Crippen molar-refractivity contribution in [2.24, 2.45) is 0 Å². The largest absolute Gasteiger partial charge is 0.445 e. The summed E-state index contributed by atoms with van der Waals surface area (Å²) in [4.78, 5) is 23.9. The van der Waals surface area contributed by atoms with E-state index < -0.39 is 0 Å².